The van der Waals surface area contributed by atoms with E-state index in [9.17, 15) is 0 Å². The summed E-state index contributed by atoms with van der Waals surface area (Å²) in [6, 6.07) is 10.3. The Hall–Kier alpha value is -1.32. The van der Waals surface area contributed by atoms with E-state index in [4.69, 9.17) is 10.2 Å². The molecule has 0 aliphatic heterocycles. The normalized spacial score (nSPS) is 4.93. The van der Waals surface area contributed by atoms with Crippen molar-refractivity contribution in [3.8, 4) is 0 Å². The van der Waals surface area contributed by atoms with Crippen molar-refractivity contribution in [2.45, 2.75) is 6.92 Å². The van der Waals surface area contributed by atoms with Crippen LogP contribution in [0.2, 0.25) is 0 Å². The molecule has 0 saturated carbocycles. The van der Waals surface area contributed by atoms with E-state index in [1.54, 1.807) is 0 Å². The Labute approximate surface area is 86.4 Å². The first kappa shape index (κ1) is 29.3. The minimum Gasteiger partial charge on any atom is -0.269 e. The molecule has 2 nitrogen and oxygen atoms in total. The van der Waals surface area contributed by atoms with Crippen molar-refractivity contribution in [2.24, 2.45) is 0 Å². The predicted octanol–water partition coefficient (Wildman–Crippen LogP) is 2.78. The second kappa shape index (κ2) is 22.6. The lowest BCUT2D eigenvalue weighted by Crippen LogP contribution is -1.62. The summed E-state index contributed by atoms with van der Waals surface area (Å²) >= 11 is 0. The summed E-state index contributed by atoms with van der Waals surface area (Å²) in [5.74, 6) is 0. The highest BCUT2D eigenvalue weighted by Crippen LogP contribution is 1.92. The Balaban J connectivity index is -0.0000000355. The summed E-state index contributed by atoms with van der Waals surface area (Å²) in [7, 11) is 0. The number of halogens is 4. The molecule has 0 spiro atoms. The lowest BCUT2D eigenvalue weighted by Gasteiger charge is -1.82. The van der Waals surface area contributed by atoms with Gasteiger partial charge in [0.25, 0.3) is 0 Å². The zero-order valence-electron chi connectivity index (χ0n) is 7.43. The van der Waals surface area contributed by atoms with E-state index in [-0.39, 0.29) is 26.5 Å². The van der Waals surface area contributed by atoms with E-state index in [0.29, 0.717) is 0 Å². The molecule has 0 radical (unpaired) electrons. The molecule has 0 atom stereocenters. The molecule has 14 heavy (non-hydrogen) atoms. The highest BCUT2D eigenvalue weighted by Gasteiger charge is 1.72. The number of isocyanates is 1. The Morgan fingerprint density at radius 1 is 1.07 bits per heavy atom. The molecule has 1 N–H and O–H groups in total. The van der Waals surface area contributed by atoms with Gasteiger partial charge in [-0.25, -0.2) is 10.2 Å². The average Bonchev–Trinajstić information content (AvgIpc) is 1.91. The third-order valence-electron chi connectivity index (χ3n) is 0.940. The highest BCUT2D eigenvalue weighted by molar-refractivity contribution is 5.85. The van der Waals surface area contributed by atoms with Crippen LogP contribution in [0.3, 0.4) is 0 Å². The Bertz CT molecular complexity index is 215. The monoisotopic (exact) mass is 231 g/mol. The van der Waals surface area contributed by atoms with Crippen LogP contribution in [-0.2, 0) is 4.79 Å². The van der Waals surface area contributed by atoms with E-state index in [1.807, 2.05) is 18.2 Å². The van der Waals surface area contributed by atoms with Crippen LogP contribution in [-0.4, -0.2) is 6.08 Å². The summed E-state index contributed by atoms with van der Waals surface area (Å²) < 4.78 is 0. The molecule has 6 heteroatoms. The third kappa shape index (κ3) is 22.4. The lowest BCUT2D eigenvalue weighted by molar-refractivity contribution is 0.563. The smallest absolute Gasteiger partial charge is 0.231 e. The van der Waals surface area contributed by atoms with E-state index in [2.05, 4.69) is 19.1 Å². The maximum atomic E-state index is 8.35. The van der Waals surface area contributed by atoms with Gasteiger partial charge in [-0.15, -0.1) is 12.4 Å². The largest absolute Gasteiger partial charge is 0.269 e. The van der Waals surface area contributed by atoms with E-state index in [1.165, 1.54) is 5.56 Å². The van der Waals surface area contributed by atoms with Crippen LogP contribution in [0.5, 0.6) is 0 Å². The first-order chi connectivity index (χ1) is 4.81. The number of hydrogen-bond acceptors (Lipinski definition) is 2. The zero-order valence-corrected chi connectivity index (χ0v) is 8.24. The fraction of sp³-hybridized carbons (Fsp3) is 0.125. The van der Waals surface area contributed by atoms with Crippen LogP contribution in [0.1, 0.15) is 5.56 Å². The lowest BCUT2D eigenvalue weighted by atomic mass is 10.2. The van der Waals surface area contributed by atoms with Crippen molar-refractivity contribution in [3.63, 3.8) is 0 Å². The van der Waals surface area contributed by atoms with Gasteiger partial charge < -0.3 is 0 Å². The SMILES string of the molecule is Cc1ccccc1.Cl.F.F.F.N=C=O. The number of rotatable bonds is 0. The summed E-state index contributed by atoms with van der Waals surface area (Å²) in [4.78, 5) is 8.35. The maximum Gasteiger partial charge on any atom is 0.231 e. The first-order valence-corrected chi connectivity index (χ1v) is 2.86. The van der Waals surface area contributed by atoms with Gasteiger partial charge in [0.15, 0.2) is 0 Å². The topological polar surface area (TPSA) is 40.9 Å². The number of carbonyl (C=O) groups excluding carboxylic acids is 1. The summed E-state index contributed by atoms with van der Waals surface area (Å²) in [6.45, 7) is 2.08. The predicted molar refractivity (Wildman–Crippen MR) is 54.3 cm³/mol. The molecule has 1 rings (SSSR count). The van der Waals surface area contributed by atoms with Crippen molar-refractivity contribution < 1.29 is 18.9 Å². The molecule has 1 aromatic rings. The molecule has 0 saturated heterocycles. The van der Waals surface area contributed by atoms with Gasteiger partial charge in [-0.1, -0.05) is 35.9 Å². The number of benzene rings is 1. The van der Waals surface area contributed by atoms with E-state index >= 15 is 0 Å². The minimum absolute atomic E-state index is 0. The first-order valence-electron chi connectivity index (χ1n) is 2.86. The van der Waals surface area contributed by atoms with E-state index < -0.39 is 0 Å². The Morgan fingerprint density at radius 2 is 1.36 bits per heavy atom. The summed E-state index contributed by atoms with van der Waals surface area (Å²) in [5, 5.41) is 5.40. The van der Waals surface area contributed by atoms with Gasteiger partial charge in [0.1, 0.15) is 0 Å². The molecular weight excluding hydrogens is 219 g/mol. The van der Waals surface area contributed by atoms with Crippen LogP contribution in [0.15, 0.2) is 30.3 Å². The van der Waals surface area contributed by atoms with Gasteiger partial charge in [0.2, 0.25) is 6.08 Å². The molecule has 0 unspecified atom stereocenters. The van der Waals surface area contributed by atoms with Gasteiger partial charge in [-0.05, 0) is 6.92 Å². The molecule has 0 fully saturated rings. The van der Waals surface area contributed by atoms with Crippen molar-refractivity contribution >= 4 is 18.5 Å². The molecule has 1 aromatic carbocycles. The third-order valence-corrected chi connectivity index (χ3v) is 0.940. The van der Waals surface area contributed by atoms with Gasteiger partial charge >= 0.3 is 0 Å². The molecule has 0 amide bonds. The van der Waals surface area contributed by atoms with Crippen LogP contribution < -0.4 is 0 Å². The number of hydrogen-bond donors (Lipinski definition) is 1. The Morgan fingerprint density at radius 3 is 1.50 bits per heavy atom. The maximum absolute atomic E-state index is 8.35. The van der Waals surface area contributed by atoms with Crippen LogP contribution in [0.4, 0.5) is 14.1 Å². The van der Waals surface area contributed by atoms with Gasteiger partial charge in [-0.2, -0.15) is 0 Å². The Kier molecular flexibility index (Phi) is 47.3. The van der Waals surface area contributed by atoms with Crippen LogP contribution >= 0.6 is 12.4 Å². The molecule has 0 bridgehead atoms. The average molecular weight is 232 g/mol. The van der Waals surface area contributed by atoms with Crippen molar-refractivity contribution in [1.82, 2.24) is 0 Å². The molecule has 0 heterocycles. The molecule has 0 aliphatic rings. The fourth-order valence-electron chi connectivity index (χ4n) is 0.534. The van der Waals surface area contributed by atoms with Crippen LogP contribution in [0, 0.1) is 12.3 Å². The van der Waals surface area contributed by atoms with E-state index in [0.717, 1.165) is 6.08 Å². The quantitative estimate of drug-likeness (QED) is 0.541. The highest BCUT2D eigenvalue weighted by atomic mass is 35.5. The molecule has 0 aliphatic carbocycles. The number of aryl methyl sites for hydroxylation is 1. The second-order valence-electron chi connectivity index (χ2n) is 1.76. The summed E-state index contributed by atoms with van der Waals surface area (Å²) in [5.41, 5.74) is 1.32. The zero-order chi connectivity index (χ0) is 7.82. The van der Waals surface area contributed by atoms with Gasteiger partial charge in [0, 0.05) is 0 Å². The van der Waals surface area contributed by atoms with Crippen molar-refractivity contribution in [3.05, 3.63) is 35.9 Å². The van der Waals surface area contributed by atoms with Gasteiger partial charge in [0.05, 0.1) is 0 Å². The van der Waals surface area contributed by atoms with Crippen molar-refractivity contribution in [1.29, 1.82) is 5.41 Å². The molecule has 0 aromatic heterocycles. The minimum atomic E-state index is 0. The molecule has 84 valence electrons. The second-order valence-corrected chi connectivity index (χ2v) is 1.76. The van der Waals surface area contributed by atoms with Crippen molar-refractivity contribution in [2.75, 3.05) is 0 Å². The number of nitrogens with one attached hydrogen (secondary N) is 1. The summed E-state index contributed by atoms with van der Waals surface area (Å²) in [6.07, 6.45) is 0.750. The fourth-order valence-corrected chi connectivity index (χ4v) is 0.534. The van der Waals surface area contributed by atoms with Gasteiger partial charge in [-0.3, -0.25) is 14.1 Å². The molecular formula is C8H13ClF3NO. The standard InChI is InChI=1S/C7H8.CHNO.ClH.3FH/c1-7-5-3-2-4-6-7;2-1-3;;;;/h2-6H,1H3;2H;4*1H. The van der Waals surface area contributed by atoms with Crippen LogP contribution in [0.25, 0.3) is 0 Å².